The molecular weight excluding hydrogens is 1030 g/mol. The van der Waals surface area contributed by atoms with Gasteiger partial charge in [-0.1, -0.05) is 58.0 Å². The molecule has 4 heterocycles. The minimum Gasteiger partial charge on any atom is -0.493 e. The third kappa shape index (κ3) is 13.3. The van der Waals surface area contributed by atoms with Crippen LogP contribution in [0.2, 0.25) is 0 Å². The van der Waals surface area contributed by atoms with Crippen molar-refractivity contribution in [1.82, 2.24) is 5.32 Å². The fourth-order valence-electron chi connectivity index (χ4n) is 10.2. The predicted molar refractivity (Wildman–Crippen MR) is 307 cm³/mol. The number of benzene rings is 5. The first-order valence-corrected chi connectivity index (χ1v) is 28.4. The summed E-state index contributed by atoms with van der Waals surface area (Å²) in [7, 11) is 8.19. The number of aliphatic imine (C=N–C) groups is 1. The van der Waals surface area contributed by atoms with E-state index in [0.717, 1.165) is 45.7 Å². The van der Waals surface area contributed by atoms with Crippen LogP contribution in [-0.4, -0.2) is 133 Å². The second-order valence-corrected chi connectivity index (χ2v) is 23.1. The molecule has 20 heteroatoms. The Morgan fingerprint density at radius 3 is 2.12 bits per heavy atom. The fourth-order valence-corrected chi connectivity index (χ4v) is 13.0. The molecule has 4 N–H and O–H groups in total. The Hall–Kier alpha value is -6.52. The summed E-state index contributed by atoms with van der Waals surface area (Å²) in [6.45, 7) is 10.4. The van der Waals surface area contributed by atoms with Crippen molar-refractivity contribution < 1.29 is 52.4 Å². The van der Waals surface area contributed by atoms with Gasteiger partial charge < -0.3 is 53.6 Å². The Balaban J connectivity index is 1.000. The van der Waals surface area contributed by atoms with Crippen LogP contribution in [0.1, 0.15) is 63.7 Å². The summed E-state index contributed by atoms with van der Waals surface area (Å²) in [5.41, 5.74) is 8.75. The van der Waals surface area contributed by atoms with Gasteiger partial charge in [-0.3, -0.25) is 29.1 Å². The smallest absolute Gasteiger partial charge is 0.261 e. The molecular formula is C58H69N7O11S2. The van der Waals surface area contributed by atoms with Crippen LogP contribution in [0.15, 0.2) is 96.0 Å². The molecule has 3 amide bonds. The number of methoxy groups -OCH3 is 3. The Bertz CT molecular complexity index is 2980. The van der Waals surface area contributed by atoms with Crippen LogP contribution in [0.4, 0.5) is 28.4 Å². The van der Waals surface area contributed by atoms with Crippen molar-refractivity contribution in [2.45, 2.75) is 69.7 Å². The molecule has 18 nitrogen and oxygen atoms in total. The normalized spacial score (nSPS) is 16.4. The second kappa shape index (κ2) is 26.0. The quantitative estimate of drug-likeness (QED) is 0.0258. The van der Waals surface area contributed by atoms with E-state index in [1.807, 2.05) is 77.5 Å². The van der Waals surface area contributed by atoms with Gasteiger partial charge in [-0.25, -0.2) is 5.90 Å². The average Bonchev–Trinajstić information content (AvgIpc) is 4.18. The third-order valence-electron chi connectivity index (χ3n) is 13.8. The largest absolute Gasteiger partial charge is 0.493 e. The average molecular weight is 1100 g/mol. The van der Waals surface area contributed by atoms with E-state index in [1.165, 1.54) is 0 Å². The molecule has 9 rings (SSSR count). The zero-order valence-electron chi connectivity index (χ0n) is 45.0. The molecule has 0 radical (unpaired) electrons. The minimum absolute atomic E-state index is 0.0318. The van der Waals surface area contributed by atoms with Crippen LogP contribution in [0, 0.1) is 0 Å². The summed E-state index contributed by atoms with van der Waals surface area (Å²) in [6.07, 6.45) is 3.28. The standard InChI is InChI=1S/C58H69N7O11S2/c1-37(62-55(66)34-76-59)35-77-78-58(2,3)36-63(15-16-72-19-20-73-18-17-69-4)42-22-38(32-74-53-28-47-45(26-51(53)70-5)56(67)64-43(30-60-47)24-40-11-7-9-13-49(40)64)21-39(23-42)33-75-54-29-48-46(27-52(54)71-6)57(68)65-44(31-61-48)25-41-12-8-10-14-50(41)65/h7-14,21-23,26-30,37,43-44,61H,15-20,24-25,31-36,59H2,1-6H3,(H,62,66)/t37?,43-,44-/m0/s1. The summed E-state index contributed by atoms with van der Waals surface area (Å²) in [5.74, 6) is 7.00. The van der Waals surface area contributed by atoms with Crippen molar-refractivity contribution in [3.63, 3.8) is 0 Å². The number of hydrogen-bond acceptors (Lipinski definition) is 17. The predicted octanol–water partition coefficient (Wildman–Crippen LogP) is 8.19. The van der Waals surface area contributed by atoms with E-state index in [-0.39, 0.29) is 60.4 Å². The van der Waals surface area contributed by atoms with Crippen LogP contribution in [0.5, 0.6) is 23.0 Å². The van der Waals surface area contributed by atoms with Gasteiger partial charge in [0.25, 0.3) is 11.8 Å². The first-order chi connectivity index (χ1) is 37.9. The van der Waals surface area contributed by atoms with Crippen LogP contribution in [0.3, 0.4) is 0 Å². The number of nitrogens with one attached hydrogen (secondary N) is 2. The highest BCUT2D eigenvalue weighted by molar-refractivity contribution is 8.77. The maximum absolute atomic E-state index is 14.3. The van der Waals surface area contributed by atoms with Gasteiger partial charge in [0.1, 0.15) is 19.8 Å². The number of hydrogen-bond donors (Lipinski definition) is 3. The molecule has 0 fully saturated rings. The zero-order valence-corrected chi connectivity index (χ0v) is 46.7. The molecule has 5 aromatic rings. The molecule has 78 heavy (non-hydrogen) atoms. The highest BCUT2D eigenvalue weighted by Gasteiger charge is 2.39. The van der Waals surface area contributed by atoms with E-state index >= 15 is 0 Å². The second-order valence-electron chi connectivity index (χ2n) is 20.1. The highest BCUT2D eigenvalue weighted by Crippen LogP contribution is 2.44. The lowest BCUT2D eigenvalue weighted by Crippen LogP contribution is -2.39. The SMILES string of the molecule is COCCOCCOCCN(CC(C)(C)SSCC(C)NC(=O)CON)c1cc(COc2cc3c(cc2OC)C(=O)N2c4ccccc4C[C@H]2C=N3)cc(COc2cc3c(cc2OC)C(=O)N2c4ccccc4C[C@H]2CN3)c1. The van der Waals surface area contributed by atoms with Gasteiger partial charge in [-0.05, 0) is 91.9 Å². The molecule has 4 aliphatic rings. The van der Waals surface area contributed by atoms with Gasteiger partial charge in [0.05, 0.1) is 81.8 Å². The monoisotopic (exact) mass is 1100 g/mol. The number of fused-ring (bicyclic) bond motifs is 8. The number of nitrogens with zero attached hydrogens (tertiary/aromatic N) is 4. The van der Waals surface area contributed by atoms with Crippen LogP contribution < -0.4 is 50.2 Å². The minimum atomic E-state index is -0.303. The van der Waals surface area contributed by atoms with Crippen molar-refractivity contribution >= 4 is 74.0 Å². The first-order valence-electron chi connectivity index (χ1n) is 26.1. The summed E-state index contributed by atoms with van der Waals surface area (Å²) in [6, 6.07) is 29.0. The summed E-state index contributed by atoms with van der Waals surface area (Å²) < 4.78 is 41.8. The Kier molecular flexibility index (Phi) is 18.7. The number of anilines is 4. The van der Waals surface area contributed by atoms with Crippen molar-refractivity contribution in [2.75, 3.05) is 106 Å². The molecule has 0 aromatic heterocycles. The van der Waals surface area contributed by atoms with Crippen molar-refractivity contribution in [3.05, 3.63) is 124 Å². The maximum Gasteiger partial charge on any atom is 0.261 e. The number of ether oxygens (including phenoxy) is 7. The molecule has 414 valence electrons. The topological polar surface area (TPSA) is 197 Å². The van der Waals surface area contributed by atoms with Crippen molar-refractivity contribution in [1.29, 1.82) is 0 Å². The molecule has 0 saturated heterocycles. The van der Waals surface area contributed by atoms with E-state index in [9.17, 15) is 14.4 Å². The fraction of sp³-hybridized carbons (Fsp3) is 0.414. The van der Waals surface area contributed by atoms with E-state index < -0.39 is 0 Å². The summed E-state index contributed by atoms with van der Waals surface area (Å²) in [5, 5.41) is 6.46. The van der Waals surface area contributed by atoms with Crippen molar-refractivity contribution in [3.8, 4) is 23.0 Å². The van der Waals surface area contributed by atoms with Crippen molar-refractivity contribution in [2.24, 2.45) is 10.9 Å². The number of carbonyl (C=O) groups excluding carboxylic acids is 3. The molecule has 4 aliphatic heterocycles. The Morgan fingerprint density at radius 1 is 0.795 bits per heavy atom. The zero-order chi connectivity index (χ0) is 54.8. The summed E-state index contributed by atoms with van der Waals surface area (Å²) >= 11 is 0. The van der Waals surface area contributed by atoms with Crippen LogP contribution in [0.25, 0.3) is 0 Å². The van der Waals surface area contributed by atoms with Gasteiger partial charge in [0.2, 0.25) is 5.91 Å². The van der Waals surface area contributed by atoms with E-state index in [0.29, 0.717) is 110 Å². The molecule has 5 aromatic carbocycles. The maximum atomic E-state index is 14.3. The molecule has 0 spiro atoms. The van der Waals surface area contributed by atoms with Gasteiger partial charge in [-0.15, -0.1) is 0 Å². The van der Waals surface area contributed by atoms with Gasteiger partial charge in [0.15, 0.2) is 23.0 Å². The van der Waals surface area contributed by atoms with Gasteiger partial charge in [-0.2, -0.15) is 0 Å². The van der Waals surface area contributed by atoms with E-state index in [4.69, 9.17) is 44.0 Å². The molecule has 3 atom stereocenters. The van der Waals surface area contributed by atoms with Gasteiger partial charge in [0, 0.05) is 85.1 Å². The Labute approximate surface area is 463 Å². The van der Waals surface area contributed by atoms with Crippen LogP contribution >= 0.6 is 21.6 Å². The number of nitrogens with two attached hydrogens (primary N) is 1. The Morgan fingerprint density at radius 2 is 1.42 bits per heavy atom. The number of amides is 3. The molecule has 0 bridgehead atoms. The highest BCUT2D eigenvalue weighted by atomic mass is 33.1. The third-order valence-corrected chi connectivity index (χ3v) is 17.2. The van der Waals surface area contributed by atoms with E-state index in [1.54, 1.807) is 61.1 Å². The number of para-hydroxylation sites is 2. The lowest BCUT2D eigenvalue weighted by Gasteiger charge is -2.34. The first kappa shape index (κ1) is 56.2. The lowest BCUT2D eigenvalue weighted by atomic mass is 10.1. The number of carbonyl (C=O) groups is 3. The van der Waals surface area contributed by atoms with Gasteiger partial charge >= 0.3 is 0 Å². The molecule has 1 unspecified atom stereocenters. The molecule has 0 saturated carbocycles. The van der Waals surface area contributed by atoms with Crippen LogP contribution in [-0.2, 0) is 49.9 Å². The molecule has 0 aliphatic carbocycles. The number of rotatable bonds is 27. The lowest BCUT2D eigenvalue weighted by molar-refractivity contribution is -0.126. The van der Waals surface area contributed by atoms with E-state index in [2.05, 4.69) is 52.4 Å². The summed E-state index contributed by atoms with van der Waals surface area (Å²) in [4.78, 5) is 56.0.